The van der Waals surface area contributed by atoms with Crippen LogP contribution in [-0.2, 0) is 9.59 Å². The molecule has 0 bridgehead atoms. The number of phenolic OH excluding ortho intramolecular Hbond substituents is 1. The predicted octanol–water partition coefficient (Wildman–Crippen LogP) is 1.50. The molecule has 5 N–H and O–H groups in total. The van der Waals surface area contributed by atoms with Crippen molar-refractivity contribution in [3.05, 3.63) is 54.1 Å². The van der Waals surface area contributed by atoms with Crippen LogP contribution < -0.4 is 16.2 Å². The molecule has 0 fully saturated rings. The summed E-state index contributed by atoms with van der Waals surface area (Å²) >= 11 is 0. The van der Waals surface area contributed by atoms with Crippen LogP contribution in [0.1, 0.15) is 44.1 Å². The van der Waals surface area contributed by atoms with E-state index in [0.717, 1.165) is 12.8 Å². The summed E-state index contributed by atoms with van der Waals surface area (Å²) in [6.07, 6.45) is 5.15. The molecule has 2 aromatic rings. The monoisotopic (exact) mass is 411 g/mol. The van der Waals surface area contributed by atoms with Crippen LogP contribution in [0.5, 0.6) is 5.75 Å². The number of para-hydroxylation sites is 2. The van der Waals surface area contributed by atoms with E-state index in [4.69, 9.17) is 10.0 Å². The molecule has 158 valence electrons. The van der Waals surface area contributed by atoms with Gasteiger partial charge < -0.3 is 20.5 Å². The molecule has 0 spiro atoms. The number of hydrogen-bond donors (Lipinski definition) is 5. The second-order valence-corrected chi connectivity index (χ2v) is 6.82. The third-order valence-corrected chi connectivity index (χ3v) is 4.35. The zero-order valence-electron chi connectivity index (χ0n) is 16.6. The third-order valence-electron chi connectivity index (χ3n) is 4.35. The van der Waals surface area contributed by atoms with Crippen molar-refractivity contribution in [2.45, 2.75) is 38.5 Å². The molecule has 8 nitrogen and oxygen atoms in total. The highest BCUT2D eigenvalue weighted by atomic mass is 16.4. The Morgan fingerprint density at radius 3 is 2.33 bits per heavy atom. The molecule has 0 aromatic heterocycles. The lowest BCUT2D eigenvalue weighted by Gasteiger charge is -2.06. The lowest BCUT2D eigenvalue weighted by atomic mass is 9.80. The minimum atomic E-state index is -1.55. The highest BCUT2D eigenvalue weighted by Gasteiger charge is 2.10. The quantitative estimate of drug-likeness (QED) is 0.126. The number of anilines is 1. The van der Waals surface area contributed by atoms with E-state index in [9.17, 15) is 14.7 Å². The summed E-state index contributed by atoms with van der Waals surface area (Å²) < 4.78 is 0. The summed E-state index contributed by atoms with van der Waals surface area (Å²) in [7, 11) is -1.55. The normalized spacial score (nSPS) is 10.7. The fourth-order valence-electron chi connectivity index (χ4n) is 2.75. The first kappa shape index (κ1) is 23.1. The maximum atomic E-state index is 11.9. The fraction of sp³-hybridized carbons (Fsp3) is 0.286. The van der Waals surface area contributed by atoms with Gasteiger partial charge in [0.25, 0.3) is 0 Å². The highest BCUT2D eigenvalue weighted by Crippen LogP contribution is 2.21. The number of carbonyl (C=O) groups excluding carboxylic acids is 2. The molecule has 0 saturated heterocycles. The lowest BCUT2D eigenvalue weighted by molar-refractivity contribution is -0.121. The SMILES string of the molecule is O=C(CCCCCCC(=O)Nc1ccccc1O)N/N=C/c1cccc(B(O)O)c1. The average molecular weight is 411 g/mol. The average Bonchev–Trinajstić information content (AvgIpc) is 2.72. The second kappa shape index (κ2) is 12.4. The fourth-order valence-corrected chi connectivity index (χ4v) is 2.75. The van der Waals surface area contributed by atoms with Gasteiger partial charge in [0.15, 0.2) is 0 Å². The Bertz CT molecular complexity index is 873. The molecule has 0 aliphatic rings. The molecule has 2 aromatic carbocycles. The van der Waals surface area contributed by atoms with E-state index in [1.807, 2.05) is 0 Å². The van der Waals surface area contributed by atoms with Crippen molar-refractivity contribution < 1.29 is 24.7 Å². The standard InChI is InChI=1S/C21H26BN3O5/c26-19-11-6-5-10-18(19)24-20(27)12-3-1-2-4-13-21(28)25-23-15-16-8-7-9-17(14-16)22(29)30/h5-11,14-15,26,29-30H,1-4,12-13H2,(H,24,27)(H,25,28)/b23-15+. The van der Waals surface area contributed by atoms with E-state index >= 15 is 0 Å². The number of hydrazone groups is 1. The molecule has 0 unspecified atom stereocenters. The number of nitrogens with one attached hydrogen (secondary N) is 2. The van der Waals surface area contributed by atoms with Gasteiger partial charge in [-0.1, -0.05) is 49.2 Å². The molecule has 30 heavy (non-hydrogen) atoms. The van der Waals surface area contributed by atoms with Gasteiger partial charge in [-0.15, -0.1) is 0 Å². The van der Waals surface area contributed by atoms with E-state index in [0.29, 0.717) is 42.4 Å². The van der Waals surface area contributed by atoms with Crippen molar-refractivity contribution in [3.63, 3.8) is 0 Å². The number of unbranched alkanes of at least 4 members (excludes halogenated alkanes) is 3. The third kappa shape index (κ3) is 8.46. The van der Waals surface area contributed by atoms with Crippen molar-refractivity contribution in [2.75, 3.05) is 5.32 Å². The van der Waals surface area contributed by atoms with Gasteiger partial charge >= 0.3 is 7.12 Å². The zero-order chi connectivity index (χ0) is 21.8. The van der Waals surface area contributed by atoms with E-state index in [1.165, 1.54) is 12.3 Å². The first-order valence-corrected chi connectivity index (χ1v) is 9.81. The summed E-state index contributed by atoms with van der Waals surface area (Å²) in [5.41, 5.74) is 3.83. The highest BCUT2D eigenvalue weighted by molar-refractivity contribution is 6.58. The Morgan fingerprint density at radius 1 is 0.933 bits per heavy atom. The number of phenols is 1. The van der Waals surface area contributed by atoms with Crippen LogP contribution in [0, 0.1) is 0 Å². The van der Waals surface area contributed by atoms with Crippen molar-refractivity contribution >= 4 is 36.3 Å². The van der Waals surface area contributed by atoms with Gasteiger partial charge in [-0.25, -0.2) is 5.43 Å². The van der Waals surface area contributed by atoms with Crippen molar-refractivity contribution in [1.29, 1.82) is 0 Å². The molecule has 0 radical (unpaired) electrons. The number of benzene rings is 2. The van der Waals surface area contributed by atoms with E-state index < -0.39 is 7.12 Å². The molecular formula is C21H26BN3O5. The minimum Gasteiger partial charge on any atom is -0.506 e. The van der Waals surface area contributed by atoms with Crippen LogP contribution in [0.2, 0.25) is 0 Å². The van der Waals surface area contributed by atoms with Gasteiger partial charge in [0.05, 0.1) is 11.9 Å². The van der Waals surface area contributed by atoms with Crippen molar-refractivity contribution in [2.24, 2.45) is 5.10 Å². The summed E-state index contributed by atoms with van der Waals surface area (Å²) in [4.78, 5) is 23.7. The van der Waals surface area contributed by atoms with E-state index in [1.54, 1.807) is 42.5 Å². The summed E-state index contributed by atoms with van der Waals surface area (Å²) in [5.74, 6) is -0.318. The lowest BCUT2D eigenvalue weighted by Crippen LogP contribution is -2.29. The van der Waals surface area contributed by atoms with Crippen LogP contribution in [0.3, 0.4) is 0 Å². The largest absolute Gasteiger partial charge is 0.506 e. The summed E-state index contributed by atoms with van der Waals surface area (Å²) in [6, 6.07) is 13.1. The number of carbonyl (C=O) groups is 2. The number of amides is 2. The van der Waals surface area contributed by atoms with Gasteiger partial charge in [0.2, 0.25) is 11.8 Å². The van der Waals surface area contributed by atoms with Crippen LogP contribution >= 0.6 is 0 Å². The molecule has 0 saturated carbocycles. The Kier molecular flexibility index (Phi) is 9.56. The van der Waals surface area contributed by atoms with Crippen LogP contribution in [-0.4, -0.2) is 40.3 Å². The Morgan fingerprint density at radius 2 is 1.63 bits per heavy atom. The predicted molar refractivity (Wildman–Crippen MR) is 116 cm³/mol. The first-order chi connectivity index (χ1) is 14.5. The zero-order valence-corrected chi connectivity index (χ0v) is 16.6. The first-order valence-electron chi connectivity index (χ1n) is 9.81. The Balaban J connectivity index is 1.56. The minimum absolute atomic E-state index is 0.0400. The number of nitrogens with zero attached hydrogens (tertiary/aromatic N) is 1. The number of hydrogen-bond acceptors (Lipinski definition) is 6. The Hall–Kier alpha value is -3.17. The molecule has 0 heterocycles. The second-order valence-electron chi connectivity index (χ2n) is 6.82. The van der Waals surface area contributed by atoms with Crippen LogP contribution in [0.15, 0.2) is 53.6 Å². The molecule has 9 heteroatoms. The van der Waals surface area contributed by atoms with Gasteiger partial charge in [-0.3, -0.25) is 9.59 Å². The molecular weight excluding hydrogens is 385 g/mol. The Labute approximate surface area is 175 Å². The van der Waals surface area contributed by atoms with Crippen LogP contribution in [0.4, 0.5) is 5.69 Å². The van der Waals surface area contributed by atoms with Crippen LogP contribution in [0.25, 0.3) is 0 Å². The molecule has 0 aliphatic heterocycles. The molecule has 0 atom stereocenters. The number of aromatic hydroxyl groups is 1. The smallest absolute Gasteiger partial charge is 0.488 e. The van der Waals surface area contributed by atoms with Gasteiger partial charge in [0.1, 0.15) is 5.75 Å². The van der Waals surface area contributed by atoms with E-state index in [-0.39, 0.29) is 17.6 Å². The van der Waals surface area contributed by atoms with Crippen molar-refractivity contribution in [1.82, 2.24) is 5.43 Å². The number of rotatable bonds is 11. The van der Waals surface area contributed by atoms with Crippen molar-refractivity contribution in [3.8, 4) is 5.75 Å². The molecule has 2 rings (SSSR count). The summed E-state index contributed by atoms with van der Waals surface area (Å²) in [5, 5.41) is 34.4. The van der Waals surface area contributed by atoms with Gasteiger partial charge in [-0.2, -0.15) is 5.10 Å². The van der Waals surface area contributed by atoms with E-state index in [2.05, 4.69) is 15.8 Å². The maximum Gasteiger partial charge on any atom is 0.488 e. The van der Waals surface area contributed by atoms with Gasteiger partial charge in [0, 0.05) is 12.8 Å². The van der Waals surface area contributed by atoms with Gasteiger partial charge in [-0.05, 0) is 36.0 Å². The summed E-state index contributed by atoms with van der Waals surface area (Å²) in [6.45, 7) is 0. The topological polar surface area (TPSA) is 131 Å². The molecule has 2 amide bonds. The maximum absolute atomic E-state index is 11.9. The molecule has 0 aliphatic carbocycles.